The number of para-hydroxylation sites is 2. The first-order valence-electron chi connectivity index (χ1n) is 10.8. The third kappa shape index (κ3) is 4.80. The fraction of sp³-hybridized carbons (Fsp3) is 0.240. The molecule has 4 rings (SSSR count). The molecule has 1 heterocycles. The van der Waals surface area contributed by atoms with Crippen LogP contribution in [0.1, 0.15) is 25.5 Å². The molecule has 0 radical (unpaired) electrons. The largest absolute Gasteiger partial charge is 0.494 e. The number of anilines is 1. The van der Waals surface area contributed by atoms with Crippen LogP contribution in [0.2, 0.25) is 0 Å². The molecule has 0 unspecified atom stereocenters. The number of amides is 1. The summed E-state index contributed by atoms with van der Waals surface area (Å²) in [5.41, 5.74) is 1.31. The van der Waals surface area contributed by atoms with Crippen LogP contribution in [-0.2, 0) is 14.8 Å². The minimum absolute atomic E-state index is 0.129. The monoisotopic (exact) mass is 466 g/mol. The quantitative estimate of drug-likeness (QED) is 0.571. The van der Waals surface area contributed by atoms with Crippen molar-refractivity contribution in [2.24, 2.45) is 0 Å². The molecule has 0 aliphatic carbocycles. The lowest BCUT2D eigenvalue weighted by molar-refractivity contribution is -0.128. The van der Waals surface area contributed by atoms with Crippen LogP contribution in [0.3, 0.4) is 0 Å². The summed E-state index contributed by atoms with van der Waals surface area (Å²) < 4.78 is 39.4. The van der Waals surface area contributed by atoms with Crippen LogP contribution in [0.15, 0.2) is 83.8 Å². The first kappa shape index (κ1) is 22.7. The number of carbonyl (C=O) groups is 1. The Morgan fingerprint density at radius 1 is 1.06 bits per heavy atom. The van der Waals surface area contributed by atoms with Crippen LogP contribution in [-0.4, -0.2) is 33.6 Å². The smallest absolute Gasteiger partial charge is 0.264 e. The first-order chi connectivity index (χ1) is 15.9. The van der Waals surface area contributed by atoms with E-state index in [2.05, 4.69) is 5.32 Å². The molecule has 33 heavy (non-hydrogen) atoms. The highest BCUT2D eigenvalue weighted by Crippen LogP contribution is 2.36. The Morgan fingerprint density at radius 2 is 1.73 bits per heavy atom. The van der Waals surface area contributed by atoms with E-state index in [9.17, 15) is 13.2 Å². The lowest BCUT2D eigenvalue weighted by Crippen LogP contribution is -2.51. The van der Waals surface area contributed by atoms with E-state index < -0.39 is 16.1 Å². The highest BCUT2D eigenvalue weighted by molar-refractivity contribution is 7.92. The van der Waals surface area contributed by atoms with Crippen molar-refractivity contribution in [3.8, 4) is 11.5 Å². The Bertz CT molecular complexity index is 1210. The van der Waals surface area contributed by atoms with E-state index in [-0.39, 0.29) is 23.4 Å². The number of nitrogens with zero attached hydrogens (tertiary/aromatic N) is 1. The van der Waals surface area contributed by atoms with Gasteiger partial charge >= 0.3 is 0 Å². The van der Waals surface area contributed by atoms with E-state index in [0.717, 1.165) is 11.3 Å². The van der Waals surface area contributed by atoms with Gasteiger partial charge in [0.2, 0.25) is 0 Å². The predicted molar refractivity (Wildman–Crippen MR) is 126 cm³/mol. The Balaban J connectivity index is 1.55. The number of nitrogens with one attached hydrogen (secondary N) is 1. The number of carbonyl (C=O) groups excluding carboxylic acids is 1. The van der Waals surface area contributed by atoms with E-state index in [0.29, 0.717) is 18.0 Å². The summed E-state index contributed by atoms with van der Waals surface area (Å²) in [5, 5.41) is 2.93. The zero-order valence-corrected chi connectivity index (χ0v) is 19.3. The van der Waals surface area contributed by atoms with Crippen molar-refractivity contribution < 1.29 is 22.7 Å². The second-order valence-corrected chi connectivity index (χ2v) is 9.52. The molecule has 0 saturated heterocycles. The first-order valence-corrected chi connectivity index (χ1v) is 12.2. The Labute approximate surface area is 194 Å². The van der Waals surface area contributed by atoms with Crippen LogP contribution < -0.4 is 19.1 Å². The molecule has 3 aromatic carbocycles. The number of benzene rings is 3. The summed E-state index contributed by atoms with van der Waals surface area (Å²) in [6.07, 6.45) is -0.997. The zero-order valence-electron chi connectivity index (χ0n) is 18.5. The molecule has 172 valence electrons. The van der Waals surface area contributed by atoms with Gasteiger partial charge in [0, 0.05) is 0 Å². The van der Waals surface area contributed by atoms with E-state index in [1.807, 2.05) is 38.1 Å². The Hall–Kier alpha value is -3.52. The lowest BCUT2D eigenvalue weighted by atomic mass is 10.1. The highest BCUT2D eigenvalue weighted by atomic mass is 32.2. The van der Waals surface area contributed by atoms with E-state index in [4.69, 9.17) is 9.47 Å². The Kier molecular flexibility index (Phi) is 6.55. The normalized spacial score (nSPS) is 16.3. The standard InChI is InChI=1S/C25H26N2O5S/c1-3-31-20-15-13-19(14-16-20)18(2)26-25(28)24-17-27(22-11-7-8-12-23(22)32-24)33(29,30)21-9-5-4-6-10-21/h4-16,18,24H,3,17H2,1-2H3,(H,26,28)/t18-,24-/m0/s1. The van der Waals surface area contributed by atoms with Crippen LogP contribution >= 0.6 is 0 Å². The minimum atomic E-state index is -3.87. The van der Waals surface area contributed by atoms with Crippen LogP contribution in [0.5, 0.6) is 11.5 Å². The molecular formula is C25H26N2O5S. The molecule has 0 saturated carbocycles. The number of ether oxygens (including phenoxy) is 2. The van der Waals surface area contributed by atoms with Gasteiger partial charge in [-0.25, -0.2) is 8.42 Å². The third-order valence-electron chi connectivity index (χ3n) is 5.41. The van der Waals surface area contributed by atoms with Gasteiger partial charge in [0.05, 0.1) is 29.8 Å². The minimum Gasteiger partial charge on any atom is -0.494 e. The highest BCUT2D eigenvalue weighted by Gasteiger charge is 2.37. The van der Waals surface area contributed by atoms with Crippen molar-refractivity contribution in [1.29, 1.82) is 0 Å². The lowest BCUT2D eigenvalue weighted by Gasteiger charge is -2.35. The van der Waals surface area contributed by atoms with E-state index in [1.54, 1.807) is 42.5 Å². The topological polar surface area (TPSA) is 84.9 Å². The number of fused-ring (bicyclic) bond motifs is 1. The van der Waals surface area contributed by atoms with E-state index >= 15 is 0 Å². The van der Waals surface area contributed by atoms with Crippen molar-refractivity contribution in [2.45, 2.75) is 30.9 Å². The Morgan fingerprint density at radius 3 is 2.42 bits per heavy atom. The number of hydrogen-bond donors (Lipinski definition) is 1. The fourth-order valence-electron chi connectivity index (χ4n) is 3.70. The van der Waals surface area contributed by atoms with Crippen LogP contribution in [0.25, 0.3) is 0 Å². The molecule has 3 aromatic rings. The van der Waals surface area contributed by atoms with Gasteiger partial charge in [-0.1, -0.05) is 42.5 Å². The van der Waals surface area contributed by atoms with Crippen molar-refractivity contribution in [2.75, 3.05) is 17.5 Å². The molecule has 0 aromatic heterocycles. The van der Waals surface area contributed by atoms with Gasteiger partial charge in [0.1, 0.15) is 11.5 Å². The maximum atomic E-state index is 13.4. The number of sulfonamides is 1. The van der Waals surface area contributed by atoms with Gasteiger partial charge in [-0.3, -0.25) is 9.10 Å². The van der Waals surface area contributed by atoms with Gasteiger partial charge in [-0.15, -0.1) is 0 Å². The summed E-state index contributed by atoms with van der Waals surface area (Å²) in [4.78, 5) is 13.2. The van der Waals surface area contributed by atoms with Gasteiger partial charge in [0.25, 0.3) is 15.9 Å². The average molecular weight is 467 g/mol. The fourth-order valence-corrected chi connectivity index (χ4v) is 5.19. The molecule has 0 spiro atoms. The molecule has 2 atom stereocenters. The molecule has 8 heteroatoms. The molecule has 1 aliphatic heterocycles. The number of hydrogen-bond acceptors (Lipinski definition) is 5. The molecule has 0 fully saturated rings. The zero-order chi connectivity index (χ0) is 23.4. The average Bonchev–Trinajstić information content (AvgIpc) is 2.84. The molecular weight excluding hydrogens is 440 g/mol. The SMILES string of the molecule is CCOc1ccc([C@H](C)NC(=O)[C@@H]2CN(S(=O)(=O)c3ccccc3)c3ccccc3O2)cc1. The summed E-state index contributed by atoms with van der Waals surface area (Å²) in [5.74, 6) is 0.713. The third-order valence-corrected chi connectivity index (χ3v) is 7.20. The maximum Gasteiger partial charge on any atom is 0.264 e. The predicted octanol–water partition coefficient (Wildman–Crippen LogP) is 3.92. The van der Waals surface area contributed by atoms with Crippen molar-refractivity contribution in [3.05, 3.63) is 84.4 Å². The number of rotatable bonds is 7. The van der Waals surface area contributed by atoms with Crippen LogP contribution in [0.4, 0.5) is 5.69 Å². The summed E-state index contributed by atoms with van der Waals surface area (Å²) in [6, 6.07) is 22.2. The van der Waals surface area contributed by atoms with E-state index in [1.165, 1.54) is 16.4 Å². The maximum absolute atomic E-state index is 13.4. The molecule has 0 bridgehead atoms. The van der Waals surface area contributed by atoms with Gasteiger partial charge < -0.3 is 14.8 Å². The molecule has 1 amide bonds. The summed E-state index contributed by atoms with van der Waals surface area (Å²) >= 11 is 0. The van der Waals surface area contributed by atoms with Gasteiger partial charge in [-0.2, -0.15) is 0 Å². The summed E-state index contributed by atoms with van der Waals surface area (Å²) in [7, 11) is -3.87. The summed E-state index contributed by atoms with van der Waals surface area (Å²) in [6.45, 7) is 4.23. The molecule has 7 nitrogen and oxygen atoms in total. The van der Waals surface area contributed by atoms with Crippen LogP contribution in [0, 0.1) is 0 Å². The second kappa shape index (κ2) is 9.54. The molecule has 1 N–H and O–H groups in total. The van der Waals surface area contributed by atoms with Gasteiger partial charge in [-0.05, 0) is 55.8 Å². The second-order valence-electron chi connectivity index (χ2n) is 7.66. The van der Waals surface area contributed by atoms with Gasteiger partial charge in [0.15, 0.2) is 6.10 Å². The molecule has 1 aliphatic rings. The van der Waals surface area contributed by atoms with Crippen molar-refractivity contribution >= 4 is 21.6 Å². The van der Waals surface area contributed by atoms with Crippen molar-refractivity contribution in [3.63, 3.8) is 0 Å². The van der Waals surface area contributed by atoms with Crippen molar-refractivity contribution in [1.82, 2.24) is 5.32 Å².